The summed E-state index contributed by atoms with van der Waals surface area (Å²) in [4.78, 5) is 12.4. The van der Waals surface area contributed by atoms with Crippen LogP contribution in [0.5, 0.6) is 5.75 Å². The Kier molecular flexibility index (Phi) is 8.67. The lowest BCUT2D eigenvalue weighted by Crippen LogP contribution is -2.32. The van der Waals surface area contributed by atoms with E-state index < -0.39 is 10.0 Å². The van der Waals surface area contributed by atoms with Crippen molar-refractivity contribution >= 4 is 21.6 Å². The standard InChI is InChI=1S/C22H30N2O4S/c1-4-14-24(15-5-2)29(26,27)21-12-10-19(11-13-21)23-22(25)17-28-20-9-7-8-18(6-3)16-20/h7-13,16H,4-6,14-15,17H2,1-3H3,(H,23,25). The van der Waals surface area contributed by atoms with Gasteiger partial charge < -0.3 is 10.1 Å². The number of anilines is 1. The third kappa shape index (κ3) is 6.58. The zero-order valence-corrected chi connectivity index (χ0v) is 18.2. The molecule has 1 amide bonds. The first-order valence-electron chi connectivity index (χ1n) is 10.0. The van der Waals surface area contributed by atoms with Crippen LogP contribution in [0.1, 0.15) is 39.2 Å². The largest absolute Gasteiger partial charge is 0.484 e. The van der Waals surface area contributed by atoms with Crippen LogP contribution in [0, 0.1) is 0 Å². The van der Waals surface area contributed by atoms with Gasteiger partial charge in [0.05, 0.1) is 4.90 Å². The molecule has 0 radical (unpaired) electrons. The van der Waals surface area contributed by atoms with E-state index in [1.807, 2.05) is 38.1 Å². The van der Waals surface area contributed by atoms with Crippen LogP contribution < -0.4 is 10.1 Å². The molecule has 0 saturated heterocycles. The average Bonchev–Trinajstić information content (AvgIpc) is 2.72. The normalized spacial score (nSPS) is 11.4. The van der Waals surface area contributed by atoms with E-state index >= 15 is 0 Å². The molecular formula is C22H30N2O4S. The number of carbonyl (C=O) groups excluding carboxylic acids is 1. The topological polar surface area (TPSA) is 75.7 Å². The molecule has 0 heterocycles. The van der Waals surface area contributed by atoms with Crippen LogP contribution in [0.4, 0.5) is 5.69 Å². The van der Waals surface area contributed by atoms with E-state index in [9.17, 15) is 13.2 Å². The summed E-state index contributed by atoms with van der Waals surface area (Å²) in [5.41, 5.74) is 1.66. The molecule has 0 aliphatic rings. The fraction of sp³-hybridized carbons (Fsp3) is 0.409. The van der Waals surface area contributed by atoms with Crippen molar-refractivity contribution < 1.29 is 17.9 Å². The lowest BCUT2D eigenvalue weighted by Gasteiger charge is -2.21. The molecule has 6 nitrogen and oxygen atoms in total. The fourth-order valence-electron chi connectivity index (χ4n) is 2.91. The highest BCUT2D eigenvalue weighted by molar-refractivity contribution is 7.89. The molecule has 0 aliphatic carbocycles. The Labute approximate surface area is 173 Å². The molecule has 0 atom stereocenters. The molecule has 158 valence electrons. The molecule has 0 fully saturated rings. The number of carbonyl (C=O) groups is 1. The second kappa shape index (κ2) is 11.0. The second-order valence-corrected chi connectivity index (χ2v) is 8.70. The van der Waals surface area contributed by atoms with Gasteiger partial charge >= 0.3 is 0 Å². The van der Waals surface area contributed by atoms with E-state index in [4.69, 9.17) is 4.74 Å². The van der Waals surface area contributed by atoms with E-state index in [1.54, 1.807) is 12.1 Å². The minimum Gasteiger partial charge on any atom is -0.484 e. The monoisotopic (exact) mass is 418 g/mol. The van der Waals surface area contributed by atoms with Gasteiger partial charge in [-0.1, -0.05) is 32.9 Å². The van der Waals surface area contributed by atoms with Gasteiger partial charge in [-0.3, -0.25) is 4.79 Å². The molecule has 2 rings (SSSR count). The lowest BCUT2D eigenvalue weighted by molar-refractivity contribution is -0.118. The first-order valence-corrected chi connectivity index (χ1v) is 11.5. The smallest absolute Gasteiger partial charge is 0.262 e. The number of nitrogens with one attached hydrogen (secondary N) is 1. The summed E-state index contributed by atoms with van der Waals surface area (Å²) in [5.74, 6) is 0.342. The highest BCUT2D eigenvalue weighted by Gasteiger charge is 2.22. The van der Waals surface area contributed by atoms with Gasteiger partial charge in [0.1, 0.15) is 5.75 Å². The lowest BCUT2D eigenvalue weighted by atomic mass is 10.2. The quantitative estimate of drug-likeness (QED) is 0.597. The van der Waals surface area contributed by atoms with Gasteiger partial charge in [0.2, 0.25) is 10.0 Å². The highest BCUT2D eigenvalue weighted by Crippen LogP contribution is 2.19. The molecule has 0 spiro atoms. The van der Waals surface area contributed by atoms with Crippen LogP contribution in [-0.2, 0) is 21.2 Å². The number of hydrogen-bond acceptors (Lipinski definition) is 4. The minimum absolute atomic E-state index is 0.117. The van der Waals surface area contributed by atoms with Crippen molar-refractivity contribution in [2.45, 2.75) is 44.9 Å². The number of amides is 1. The van der Waals surface area contributed by atoms with Crippen LogP contribution in [0.2, 0.25) is 0 Å². The second-order valence-electron chi connectivity index (χ2n) is 6.77. The Morgan fingerprint density at radius 2 is 1.66 bits per heavy atom. The maximum absolute atomic E-state index is 12.8. The van der Waals surface area contributed by atoms with Gasteiger partial charge in [0.15, 0.2) is 6.61 Å². The molecule has 0 bridgehead atoms. The molecule has 2 aromatic carbocycles. The number of sulfonamides is 1. The van der Waals surface area contributed by atoms with Crippen LogP contribution >= 0.6 is 0 Å². The van der Waals surface area contributed by atoms with E-state index in [1.165, 1.54) is 16.4 Å². The summed E-state index contributed by atoms with van der Waals surface area (Å²) >= 11 is 0. The summed E-state index contributed by atoms with van der Waals surface area (Å²) in [6.45, 7) is 6.83. The van der Waals surface area contributed by atoms with Crippen LogP contribution in [0.15, 0.2) is 53.4 Å². The Balaban J connectivity index is 1.97. The molecule has 2 aromatic rings. The van der Waals surface area contributed by atoms with E-state index in [0.717, 1.165) is 24.8 Å². The van der Waals surface area contributed by atoms with Gasteiger partial charge in [-0.15, -0.1) is 0 Å². The zero-order chi connectivity index (χ0) is 21.3. The van der Waals surface area contributed by atoms with Crippen molar-refractivity contribution in [1.29, 1.82) is 0 Å². The molecule has 29 heavy (non-hydrogen) atoms. The van der Waals surface area contributed by atoms with Gasteiger partial charge in [-0.05, 0) is 61.2 Å². The molecule has 0 unspecified atom stereocenters. The summed E-state index contributed by atoms with van der Waals surface area (Å²) in [6, 6.07) is 13.9. The fourth-order valence-corrected chi connectivity index (χ4v) is 4.54. The van der Waals surface area contributed by atoms with E-state index in [2.05, 4.69) is 12.2 Å². The summed E-state index contributed by atoms with van der Waals surface area (Å²) in [5, 5.41) is 2.73. The van der Waals surface area contributed by atoms with Crippen LogP contribution in [0.25, 0.3) is 0 Å². The van der Waals surface area contributed by atoms with Crippen LogP contribution in [0.3, 0.4) is 0 Å². The zero-order valence-electron chi connectivity index (χ0n) is 17.3. The highest BCUT2D eigenvalue weighted by atomic mass is 32.2. The molecular weight excluding hydrogens is 388 g/mol. The van der Waals surface area contributed by atoms with Gasteiger partial charge in [0.25, 0.3) is 5.91 Å². The molecule has 0 aromatic heterocycles. The predicted molar refractivity (Wildman–Crippen MR) is 116 cm³/mol. The van der Waals surface area contributed by atoms with Gasteiger partial charge in [-0.25, -0.2) is 8.42 Å². The van der Waals surface area contributed by atoms with Gasteiger partial charge in [-0.2, -0.15) is 4.31 Å². The average molecular weight is 419 g/mol. The number of rotatable bonds is 11. The minimum atomic E-state index is -3.53. The van der Waals surface area contributed by atoms with Crippen LogP contribution in [-0.4, -0.2) is 38.3 Å². The summed E-state index contributed by atoms with van der Waals surface area (Å²) in [7, 11) is -3.53. The Morgan fingerprint density at radius 3 is 2.24 bits per heavy atom. The number of hydrogen-bond donors (Lipinski definition) is 1. The first kappa shape index (κ1) is 22.9. The van der Waals surface area contributed by atoms with Crippen molar-refractivity contribution in [1.82, 2.24) is 4.31 Å². The number of benzene rings is 2. The van der Waals surface area contributed by atoms with Crippen molar-refractivity contribution in [3.63, 3.8) is 0 Å². The maximum Gasteiger partial charge on any atom is 0.262 e. The molecule has 7 heteroatoms. The summed E-state index contributed by atoms with van der Waals surface area (Å²) < 4.78 is 32.6. The summed E-state index contributed by atoms with van der Waals surface area (Å²) in [6.07, 6.45) is 2.41. The van der Waals surface area contributed by atoms with E-state index in [-0.39, 0.29) is 17.4 Å². The van der Waals surface area contributed by atoms with Crippen molar-refractivity contribution in [3.8, 4) is 5.75 Å². The molecule has 1 N–H and O–H groups in total. The Hall–Kier alpha value is -2.38. The van der Waals surface area contributed by atoms with Gasteiger partial charge in [0, 0.05) is 18.8 Å². The molecule has 0 aliphatic heterocycles. The number of nitrogens with zero attached hydrogens (tertiary/aromatic N) is 1. The Bertz CT molecular complexity index is 889. The third-order valence-corrected chi connectivity index (χ3v) is 6.31. The maximum atomic E-state index is 12.8. The van der Waals surface area contributed by atoms with Crippen molar-refractivity contribution in [3.05, 3.63) is 54.1 Å². The number of aryl methyl sites for hydroxylation is 1. The SMILES string of the molecule is CCCN(CCC)S(=O)(=O)c1ccc(NC(=O)COc2cccc(CC)c2)cc1. The third-order valence-electron chi connectivity index (χ3n) is 4.40. The predicted octanol–water partition coefficient (Wildman–Crippen LogP) is 4.08. The first-order chi connectivity index (χ1) is 13.9. The Morgan fingerprint density at radius 1 is 1.00 bits per heavy atom. The molecule has 0 saturated carbocycles. The van der Waals surface area contributed by atoms with Crippen molar-refractivity contribution in [2.24, 2.45) is 0 Å². The van der Waals surface area contributed by atoms with Crippen molar-refractivity contribution in [2.75, 3.05) is 25.0 Å². The van der Waals surface area contributed by atoms with E-state index in [0.29, 0.717) is 24.5 Å². The number of ether oxygens (including phenoxy) is 1.